The van der Waals surface area contributed by atoms with Gasteiger partial charge in [-0.3, -0.25) is 0 Å². The molecule has 16 heavy (non-hydrogen) atoms. The third-order valence-corrected chi connectivity index (χ3v) is 3.11. The molecule has 0 unspecified atom stereocenters. The Labute approximate surface area is 103 Å². The highest BCUT2D eigenvalue weighted by atomic mass is 32.1. The van der Waals surface area contributed by atoms with Crippen molar-refractivity contribution in [2.24, 2.45) is 5.73 Å². The number of anilines is 1. The van der Waals surface area contributed by atoms with Crippen LogP contribution in [0.4, 0.5) is 5.82 Å². The zero-order valence-electron chi connectivity index (χ0n) is 8.51. The van der Waals surface area contributed by atoms with Gasteiger partial charge in [-0.25, -0.2) is 4.98 Å². The van der Waals surface area contributed by atoms with E-state index in [9.17, 15) is 0 Å². The molecule has 0 aliphatic carbocycles. The van der Waals surface area contributed by atoms with E-state index in [2.05, 4.69) is 21.7 Å². The van der Waals surface area contributed by atoms with Crippen LogP contribution in [0, 0.1) is 0 Å². The Kier molecular flexibility index (Phi) is 3.48. The summed E-state index contributed by atoms with van der Waals surface area (Å²) in [4.78, 5) is 5.88. The monoisotopic (exact) mass is 249 g/mol. The third kappa shape index (κ3) is 2.77. The fourth-order valence-electron chi connectivity index (χ4n) is 1.26. The second kappa shape index (κ2) is 5.05. The van der Waals surface area contributed by atoms with Gasteiger partial charge in [0.1, 0.15) is 10.8 Å². The van der Waals surface area contributed by atoms with Crippen molar-refractivity contribution in [1.82, 2.24) is 4.98 Å². The van der Waals surface area contributed by atoms with Gasteiger partial charge < -0.3 is 11.1 Å². The van der Waals surface area contributed by atoms with E-state index in [1.54, 1.807) is 17.4 Å². The van der Waals surface area contributed by atoms with E-state index in [0.717, 1.165) is 12.4 Å². The van der Waals surface area contributed by atoms with Crippen molar-refractivity contribution < 1.29 is 0 Å². The summed E-state index contributed by atoms with van der Waals surface area (Å²) in [7, 11) is 0. The first-order valence-corrected chi connectivity index (χ1v) is 6.07. The molecule has 0 amide bonds. The molecule has 2 rings (SSSR count). The van der Waals surface area contributed by atoms with E-state index in [1.165, 1.54) is 4.88 Å². The molecule has 5 heteroatoms. The number of hydrogen-bond donors (Lipinski definition) is 2. The Balaban J connectivity index is 2.04. The van der Waals surface area contributed by atoms with Crippen molar-refractivity contribution in [3.63, 3.8) is 0 Å². The highest BCUT2D eigenvalue weighted by molar-refractivity contribution is 7.80. The van der Waals surface area contributed by atoms with E-state index in [0.29, 0.717) is 10.7 Å². The summed E-state index contributed by atoms with van der Waals surface area (Å²) in [5, 5.41) is 5.28. The number of nitrogens with zero attached hydrogens (tertiary/aromatic N) is 1. The van der Waals surface area contributed by atoms with Crippen LogP contribution in [0.3, 0.4) is 0 Å². The molecule has 3 nitrogen and oxygen atoms in total. The summed E-state index contributed by atoms with van der Waals surface area (Å²) < 4.78 is 0. The average molecular weight is 249 g/mol. The van der Waals surface area contributed by atoms with Crippen LogP contribution in [-0.4, -0.2) is 9.97 Å². The van der Waals surface area contributed by atoms with Crippen LogP contribution < -0.4 is 11.1 Å². The van der Waals surface area contributed by atoms with Gasteiger partial charge in [-0.05, 0) is 23.6 Å². The minimum absolute atomic E-state index is 0.319. The molecule has 0 saturated carbocycles. The third-order valence-electron chi connectivity index (χ3n) is 2.03. The number of nitrogens with one attached hydrogen (secondary N) is 1. The number of hydrogen-bond acceptors (Lipinski definition) is 4. The van der Waals surface area contributed by atoms with Crippen molar-refractivity contribution in [3.8, 4) is 0 Å². The maximum atomic E-state index is 5.52. The topological polar surface area (TPSA) is 50.9 Å². The Hall–Kier alpha value is -1.46. The first-order chi connectivity index (χ1) is 7.75. The lowest BCUT2D eigenvalue weighted by atomic mass is 10.3. The molecule has 0 atom stereocenters. The Morgan fingerprint density at radius 1 is 1.38 bits per heavy atom. The van der Waals surface area contributed by atoms with E-state index in [1.807, 2.05) is 18.2 Å². The Morgan fingerprint density at radius 2 is 2.25 bits per heavy atom. The van der Waals surface area contributed by atoms with Crippen molar-refractivity contribution >= 4 is 34.4 Å². The van der Waals surface area contributed by atoms with E-state index in [-0.39, 0.29) is 0 Å². The van der Waals surface area contributed by atoms with Crippen LogP contribution >= 0.6 is 23.6 Å². The maximum Gasteiger partial charge on any atom is 0.127 e. The van der Waals surface area contributed by atoms with Gasteiger partial charge in [0, 0.05) is 4.88 Å². The van der Waals surface area contributed by atoms with Gasteiger partial charge in [0.15, 0.2) is 0 Å². The molecule has 2 heterocycles. The van der Waals surface area contributed by atoms with Gasteiger partial charge >= 0.3 is 0 Å². The SMILES string of the molecule is NC(=S)c1cccc(NCc2cccs2)n1. The number of rotatable bonds is 4. The number of thiophene rings is 1. The second-order valence-electron chi connectivity index (χ2n) is 3.21. The normalized spacial score (nSPS) is 10.0. The predicted octanol–water partition coefficient (Wildman–Crippen LogP) is 2.39. The van der Waals surface area contributed by atoms with Gasteiger partial charge in [0.2, 0.25) is 0 Å². The van der Waals surface area contributed by atoms with Crippen molar-refractivity contribution in [3.05, 3.63) is 46.3 Å². The van der Waals surface area contributed by atoms with E-state index in [4.69, 9.17) is 18.0 Å². The van der Waals surface area contributed by atoms with Crippen molar-refractivity contribution in [1.29, 1.82) is 0 Å². The molecule has 2 aromatic heterocycles. The molecule has 0 radical (unpaired) electrons. The lowest BCUT2D eigenvalue weighted by Gasteiger charge is -2.05. The number of pyridine rings is 1. The molecule has 0 saturated heterocycles. The zero-order valence-corrected chi connectivity index (χ0v) is 10.1. The van der Waals surface area contributed by atoms with E-state index >= 15 is 0 Å². The maximum absolute atomic E-state index is 5.52. The molecule has 0 aromatic carbocycles. The standard InChI is InChI=1S/C11H11N3S2/c12-11(15)9-4-1-5-10(14-9)13-7-8-3-2-6-16-8/h1-6H,7H2,(H2,12,15)(H,13,14). The summed E-state index contributed by atoms with van der Waals surface area (Å²) in [6.07, 6.45) is 0. The highest BCUT2D eigenvalue weighted by Gasteiger charge is 2.00. The molecule has 0 aliphatic rings. The molecule has 2 aromatic rings. The quantitative estimate of drug-likeness (QED) is 0.817. The summed E-state index contributed by atoms with van der Waals surface area (Å²) in [5.74, 6) is 0.790. The van der Waals surface area contributed by atoms with E-state index < -0.39 is 0 Å². The average Bonchev–Trinajstić information content (AvgIpc) is 2.79. The Morgan fingerprint density at radius 3 is 2.94 bits per heavy atom. The first-order valence-electron chi connectivity index (χ1n) is 4.79. The fourth-order valence-corrected chi connectivity index (χ4v) is 2.02. The van der Waals surface area contributed by atoms with Crippen LogP contribution in [-0.2, 0) is 6.54 Å². The van der Waals surface area contributed by atoms with Crippen LogP contribution in [0.15, 0.2) is 35.7 Å². The largest absolute Gasteiger partial charge is 0.388 e. The molecule has 0 fully saturated rings. The summed E-state index contributed by atoms with van der Waals surface area (Å²) in [6.45, 7) is 0.769. The highest BCUT2D eigenvalue weighted by Crippen LogP contribution is 2.11. The predicted molar refractivity (Wildman–Crippen MR) is 71.8 cm³/mol. The number of thiocarbonyl (C=S) groups is 1. The lowest BCUT2D eigenvalue weighted by Crippen LogP contribution is -2.12. The van der Waals surface area contributed by atoms with Gasteiger partial charge in [-0.1, -0.05) is 24.4 Å². The number of nitrogens with two attached hydrogens (primary N) is 1. The summed E-state index contributed by atoms with van der Waals surface area (Å²) >= 11 is 6.59. The van der Waals surface area contributed by atoms with Gasteiger partial charge in [0.25, 0.3) is 0 Å². The minimum atomic E-state index is 0.319. The minimum Gasteiger partial charge on any atom is -0.388 e. The fraction of sp³-hybridized carbons (Fsp3) is 0.0909. The van der Waals surface area contributed by atoms with Crippen LogP contribution in [0.1, 0.15) is 10.6 Å². The van der Waals surface area contributed by atoms with Crippen LogP contribution in [0.5, 0.6) is 0 Å². The molecule has 0 spiro atoms. The van der Waals surface area contributed by atoms with Gasteiger partial charge in [-0.15, -0.1) is 11.3 Å². The molecule has 0 aliphatic heterocycles. The van der Waals surface area contributed by atoms with Crippen molar-refractivity contribution in [2.75, 3.05) is 5.32 Å². The zero-order chi connectivity index (χ0) is 11.4. The number of aromatic nitrogens is 1. The smallest absolute Gasteiger partial charge is 0.127 e. The lowest BCUT2D eigenvalue weighted by molar-refractivity contribution is 1.13. The van der Waals surface area contributed by atoms with Crippen molar-refractivity contribution in [2.45, 2.75) is 6.54 Å². The van der Waals surface area contributed by atoms with Gasteiger partial charge in [0.05, 0.1) is 12.2 Å². The molecule has 0 bridgehead atoms. The van der Waals surface area contributed by atoms with Crippen LogP contribution in [0.25, 0.3) is 0 Å². The second-order valence-corrected chi connectivity index (χ2v) is 4.68. The molecule has 82 valence electrons. The molecule has 3 N–H and O–H groups in total. The van der Waals surface area contributed by atoms with Crippen LogP contribution in [0.2, 0.25) is 0 Å². The first kappa shape index (κ1) is 11.0. The molecular weight excluding hydrogens is 238 g/mol. The summed E-state index contributed by atoms with van der Waals surface area (Å²) in [6, 6.07) is 9.70. The Bertz CT molecular complexity index is 480. The van der Waals surface area contributed by atoms with Gasteiger partial charge in [-0.2, -0.15) is 0 Å². The summed E-state index contributed by atoms with van der Waals surface area (Å²) in [5.41, 5.74) is 6.16. The molecular formula is C11H11N3S2.